The van der Waals surface area contributed by atoms with Crippen LogP contribution in [0.25, 0.3) is 5.82 Å². The normalized spacial score (nSPS) is 14.6. The monoisotopic (exact) mass is 307 g/mol. The van der Waals surface area contributed by atoms with Crippen LogP contribution in [0.15, 0.2) is 53.6 Å². The van der Waals surface area contributed by atoms with Gasteiger partial charge in [-0.1, -0.05) is 12.1 Å². The van der Waals surface area contributed by atoms with Crippen molar-refractivity contribution in [3.05, 3.63) is 76.1 Å². The summed E-state index contributed by atoms with van der Waals surface area (Å²) in [7, 11) is 0. The molecule has 3 aromatic rings. The van der Waals surface area contributed by atoms with Gasteiger partial charge in [0, 0.05) is 37.6 Å². The van der Waals surface area contributed by atoms with Gasteiger partial charge in [-0.25, -0.2) is 9.67 Å². The minimum atomic E-state index is 0.0104. The zero-order valence-corrected chi connectivity index (χ0v) is 12.6. The van der Waals surface area contributed by atoms with Crippen LogP contribution in [0.5, 0.6) is 0 Å². The molecule has 0 unspecified atom stereocenters. The molecule has 6 nitrogen and oxygen atoms in total. The highest BCUT2D eigenvalue weighted by Crippen LogP contribution is 2.17. The number of pyridine rings is 2. The van der Waals surface area contributed by atoms with Crippen molar-refractivity contribution >= 4 is 0 Å². The van der Waals surface area contributed by atoms with Gasteiger partial charge < -0.3 is 0 Å². The Morgan fingerprint density at radius 1 is 1.09 bits per heavy atom. The van der Waals surface area contributed by atoms with Crippen molar-refractivity contribution in [2.45, 2.75) is 19.5 Å². The summed E-state index contributed by atoms with van der Waals surface area (Å²) >= 11 is 0. The van der Waals surface area contributed by atoms with E-state index in [0.29, 0.717) is 5.82 Å². The van der Waals surface area contributed by atoms with Crippen molar-refractivity contribution in [2.75, 3.05) is 6.54 Å². The molecular weight excluding hydrogens is 290 g/mol. The standard InChI is InChI=1S/C17H17N5O/c23-17-14-7-10-21(11-13-5-1-3-8-18-13)12-15(14)20-22(17)16-6-2-4-9-19-16/h1-6,8-9,20H,7,10-12H2. The number of aromatic nitrogens is 4. The molecule has 0 saturated heterocycles. The first-order valence-corrected chi connectivity index (χ1v) is 7.68. The van der Waals surface area contributed by atoms with Crippen molar-refractivity contribution in [3.8, 4) is 5.82 Å². The van der Waals surface area contributed by atoms with Gasteiger partial charge in [0.05, 0.1) is 11.4 Å². The van der Waals surface area contributed by atoms with Gasteiger partial charge in [-0.05, 0) is 30.7 Å². The van der Waals surface area contributed by atoms with Crippen LogP contribution in [0.4, 0.5) is 0 Å². The van der Waals surface area contributed by atoms with Crippen LogP contribution in [0, 0.1) is 0 Å². The predicted octanol–water partition coefficient (Wildman–Crippen LogP) is 1.51. The highest BCUT2D eigenvalue weighted by molar-refractivity contribution is 5.28. The number of H-pyrrole nitrogens is 1. The third-order valence-corrected chi connectivity index (χ3v) is 4.12. The number of hydrogen-bond acceptors (Lipinski definition) is 4. The van der Waals surface area contributed by atoms with Gasteiger partial charge in [0.2, 0.25) is 0 Å². The highest BCUT2D eigenvalue weighted by atomic mass is 16.1. The average molecular weight is 307 g/mol. The summed E-state index contributed by atoms with van der Waals surface area (Å²) < 4.78 is 1.54. The highest BCUT2D eigenvalue weighted by Gasteiger charge is 2.23. The molecule has 0 atom stereocenters. The summed E-state index contributed by atoms with van der Waals surface area (Å²) in [6.45, 7) is 2.37. The lowest BCUT2D eigenvalue weighted by atomic mass is 10.1. The Kier molecular flexibility index (Phi) is 3.51. The number of nitrogens with one attached hydrogen (secondary N) is 1. The third kappa shape index (κ3) is 2.68. The van der Waals surface area contributed by atoms with Gasteiger partial charge in [-0.2, -0.15) is 0 Å². The van der Waals surface area contributed by atoms with Crippen LogP contribution in [-0.2, 0) is 19.5 Å². The summed E-state index contributed by atoms with van der Waals surface area (Å²) in [5.74, 6) is 0.628. The molecule has 1 aliphatic heterocycles. The van der Waals surface area contributed by atoms with Crippen molar-refractivity contribution < 1.29 is 0 Å². The van der Waals surface area contributed by atoms with Crippen molar-refractivity contribution in [3.63, 3.8) is 0 Å². The second-order valence-corrected chi connectivity index (χ2v) is 5.68. The predicted molar refractivity (Wildman–Crippen MR) is 86.2 cm³/mol. The van der Waals surface area contributed by atoms with E-state index in [1.807, 2.05) is 42.6 Å². The first-order chi connectivity index (χ1) is 11.3. The summed E-state index contributed by atoms with van der Waals surface area (Å²) in [5.41, 5.74) is 2.90. The summed E-state index contributed by atoms with van der Waals surface area (Å²) in [4.78, 5) is 23.5. The van der Waals surface area contributed by atoms with E-state index in [9.17, 15) is 4.79 Å². The molecule has 3 aromatic heterocycles. The zero-order chi connectivity index (χ0) is 15.6. The van der Waals surface area contributed by atoms with Gasteiger partial charge in [-0.3, -0.25) is 19.8 Å². The average Bonchev–Trinajstić information content (AvgIpc) is 2.93. The van der Waals surface area contributed by atoms with Gasteiger partial charge >= 0.3 is 0 Å². The smallest absolute Gasteiger partial charge is 0.276 e. The van der Waals surface area contributed by atoms with Crippen molar-refractivity contribution in [2.24, 2.45) is 0 Å². The van der Waals surface area contributed by atoms with E-state index in [1.54, 1.807) is 6.20 Å². The summed E-state index contributed by atoms with van der Waals surface area (Å²) in [6, 6.07) is 11.5. The fraction of sp³-hybridized carbons (Fsp3) is 0.235. The van der Waals surface area contributed by atoms with Gasteiger partial charge in [-0.15, -0.1) is 0 Å². The van der Waals surface area contributed by atoms with E-state index in [-0.39, 0.29) is 5.56 Å². The van der Waals surface area contributed by atoms with E-state index < -0.39 is 0 Å². The molecule has 23 heavy (non-hydrogen) atoms. The molecule has 4 rings (SSSR count). The Bertz CT molecular complexity index is 854. The molecule has 116 valence electrons. The maximum absolute atomic E-state index is 12.5. The number of aromatic amines is 1. The van der Waals surface area contributed by atoms with E-state index in [2.05, 4.69) is 20.0 Å². The second kappa shape index (κ2) is 5.81. The van der Waals surface area contributed by atoms with Crippen LogP contribution >= 0.6 is 0 Å². The number of fused-ring (bicyclic) bond motifs is 1. The fourth-order valence-corrected chi connectivity index (χ4v) is 2.98. The number of nitrogens with zero attached hydrogens (tertiary/aromatic N) is 4. The molecule has 1 aliphatic rings. The summed E-state index contributed by atoms with van der Waals surface area (Å²) in [6.07, 6.45) is 4.25. The quantitative estimate of drug-likeness (QED) is 0.796. The van der Waals surface area contributed by atoms with Crippen molar-refractivity contribution in [1.82, 2.24) is 24.6 Å². The Labute approximate surface area is 133 Å². The second-order valence-electron chi connectivity index (χ2n) is 5.68. The van der Waals surface area contributed by atoms with Gasteiger partial charge in [0.15, 0.2) is 5.82 Å². The molecule has 0 bridgehead atoms. The molecule has 1 N–H and O–H groups in total. The molecule has 0 saturated carbocycles. The van der Waals surface area contributed by atoms with E-state index in [1.165, 1.54) is 4.68 Å². The minimum absolute atomic E-state index is 0.0104. The number of rotatable bonds is 3. The van der Waals surface area contributed by atoms with Crippen LogP contribution in [-0.4, -0.2) is 31.2 Å². The topological polar surface area (TPSA) is 66.8 Å². The Balaban J connectivity index is 1.60. The molecular formula is C17H17N5O. The van der Waals surface area contributed by atoms with E-state index in [0.717, 1.165) is 43.0 Å². The SMILES string of the molecule is O=c1c2c([nH]n1-c1ccccn1)CN(Cc1ccccn1)CC2. The van der Waals surface area contributed by atoms with Crippen LogP contribution in [0.2, 0.25) is 0 Å². The largest absolute Gasteiger partial charge is 0.292 e. The lowest BCUT2D eigenvalue weighted by molar-refractivity contribution is 0.239. The fourth-order valence-electron chi connectivity index (χ4n) is 2.98. The molecule has 0 aromatic carbocycles. The van der Waals surface area contributed by atoms with E-state index >= 15 is 0 Å². The summed E-state index contributed by atoms with van der Waals surface area (Å²) in [5, 5.41) is 3.21. The molecule has 4 heterocycles. The molecule has 0 radical (unpaired) electrons. The van der Waals surface area contributed by atoms with Crippen LogP contribution < -0.4 is 5.56 Å². The molecule has 6 heteroatoms. The van der Waals surface area contributed by atoms with Gasteiger partial charge in [0.1, 0.15) is 0 Å². The lowest BCUT2D eigenvalue weighted by Gasteiger charge is -2.25. The van der Waals surface area contributed by atoms with Crippen molar-refractivity contribution in [1.29, 1.82) is 0 Å². The maximum Gasteiger partial charge on any atom is 0.276 e. The Morgan fingerprint density at radius 3 is 2.65 bits per heavy atom. The molecule has 0 amide bonds. The van der Waals surface area contributed by atoms with Crippen LogP contribution in [0.3, 0.4) is 0 Å². The minimum Gasteiger partial charge on any atom is -0.292 e. The maximum atomic E-state index is 12.5. The number of hydrogen-bond donors (Lipinski definition) is 1. The van der Waals surface area contributed by atoms with Crippen LogP contribution in [0.1, 0.15) is 17.0 Å². The Morgan fingerprint density at radius 2 is 1.91 bits per heavy atom. The van der Waals surface area contributed by atoms with E-state index in [4.69, 9.17) is 0 Å². The zero-order valence-electron chi connectivity index (χ0n) is 12.6. The lowest BCUT2D eigenvalue weighted by Crippen LogP contribution is -2.32. The molecule has 0 fully saturated rings. The third-order valence-electron chi connectivity index (χ3n) is 4.12. The first-order valence-electron chi connectivity index (χ1n) is 7.68. The molecule has 0 aliphatic carbocycles. The first kappa shape index (κ1) is 13.9. The Hall–Kier alpha value is -2.73. The van der Waals surface area contributed by atoms with Gasteiger partial charge in [0.25, 0.3) is 5.56 Å². The molecule has 0 spiro atoms.